The predicted molar refractivity (Wildman–Crippen MR) is 64.9 cm³/mol. The van der Waals surface area contributed by atoms with Crippen LogP contribution in [0.15, 0.2) is 43.0 Å². The van der Waals surface area contributed by atoms with Gasteiger partial charge in [0.15, 0.2) is 0 Å². The zero-order valence-electron chi connectivity index (χ0n) is 9.39. The summed E-state index contributed by atoms with van der Waals surface area (Å²) in [6, 6.07) is 10.4. The van der Waals surface area contributed by atoms with Crippen LogP contribution in [-0.2, 0) is 0 Å². The van der Waals surface area contributed by atoms with Gasteiger partial charge in [-0.25, -0.2) is 0 Å². The highest BCUT2D eigenvalue weighted by molar-refractivity contribution is 5.21. The summed E-state index contributed by atoms with van der Waals surface area (Å²) in [6.07, 6.45) is 3.88. The van der Waals surface area contributed by atoms with Gasteiger partial charge >= 0.3 is 0 Å². The average Bonchev–Trinajstić information content (AvgIpc) is 2.30. The van der Waals surface area contributed by atoms with Gasteiger partial charge < -0.3 is 5.11 Å². The predicted octanol–water partition coefficient (Wildman–Crippen LogP) is 3.36. The Bertz CT molecular complexity index is 275. The van der Waals surface area contributed by atoms with E-state index in [1.165, 1.54) is 5.56 Å². The van der Waals surface area contributed by atoms with E-state index in [1.807, 2.05) is 12.1 Å². The van der Waals surface area contributed by atoms with Crippen LogP contribution in [0.25, 0.3) is 0 Å². The third-order valence-electron chi connectivity index (χ3n) is 2.98. The second-order valence-electron chi connectivity index (χ2n) is 3.89. The minimum atomic E-state index is 0.254. The second-order valence-corrected chi connectivity index (χ2v) is 3.89. The van der Waals surface area contributed by atoms with Crippen LogP contribution in [0.4, 0.5) is 0 Å². The Morgan fingerprint density at radius 2 is 2.00 bits per heavy atom. The summed E-state index contributed by atoms with van der Waals surface area (Å²) in [5.74, 6) is 0.740. The third-order valence-corrected chi connectivity index (χ3v) is 2.98. The number of rotatable bonds is 6. The van der Waals surface area contributed by atoms with E-state index in [4.69, 9.17) is 0 Å². The van der Waals surface area contributed by atoms with Crippen molar-refractivity contribution in [2.24, 2.45) is 5.92 Å². The first-order chi connectivity index (χ1) is 7.33. The largest absolute Gasteiger partial charge is 0.396 e. The Morgan fingerprint density at radius 1 is 1.33 bits per heavy atom. The fourth-order valence-corrected chi connectivity index (χ4v) is 2.02. The molecule has 0 unspecified atom stereocenters. The Balaban J connectivity index is 2.86. The molecule has 0 radical (unpaired) electrons. The summed E-state index contributed by atoms with van der Waals surface area (Å²) < 4.78 is 0. The van der Waals surface area contributed by atoms with Crippen LogP contribution in [0.1, 0.15) is 31.2 Å². The fourth-order valence-electron chi connectivity index (χ4n) is 2.02. The Kier molecular flexibility index (Phi) is 5.13. The summed E-state index contributed by atoms with van der Waals surface area (Å²) in [5, 5.41) is 9.35. The van der Waals surface area contributed by atoms with Gasteiger partial charge in [-0.15, -0.1) is 6.58 Å². The molecule has 0 fully saturated rings. The van der Waals surface area contributed by atoms with Crippen LogP contribution in [-0.4, -0.2) is 11.7 Å². The highest BCUT2D eigenvalue weighted by Gasteiger charge is 2.19. The zero-order valence-corrected chi connectivity index (χ0v) is 9.39. The van der Waals surface area contributed by atoms with E-state index >= 15 is 0 Å². The van der Waals surface area contributed by atoms with Gasteiger partial charge in [0.05, 0.1) is 0 Å². The molecule has 1 aromatic rings. The lowest BCUT2D eigenvalue weighted by Crippen LogP contribution is -2.15. The molecule has 15 heavy (non-hydrogen) atoms. The maximum Gasteiger partial charge on any atom is 0.0465 e. The lowest BCUT2D eigenvalue weighted by Gasteiger charge is -2.23. The van der Waals surface area contributed by atoms with E-state index in [-0.39, 0.29) is 6.61 Å². The molecule has 0 aromatic heterocycles. The van der Waals surface area contributed by atoms with Crippen LogP contribution in [0.2, 0.25) is 0 Å². The maximum absolute atomic E-state index is 9.35. The van der Waals surface area contributed by atoms with E-state index in [2.05, 4.69) is 37.8 Å². The number of aliphatic hydroxyl groups is 1. The lowest BCUT2D eigenvalue weighted by molar-refractivity contribution is 0.199. The van der Waals surface area contributed by atoms with Crippen LogP contribution >= 0.6 is 0 Å². The molecule has 1 N–H and O–H groups in total. The quantitative estimate of drug-likeness (QED) is 0.704. The molecule has 0 heterocycles. The zero-order chi connectivity index (χ0) is 11.1. The van der Waals surface area contributed by atoms with Crippen LogP contribution in [0.5, 0.6) is 0 Å². The number of benzene rings is 1. The highest BCUT2D eigenvalue weighted by Crippen LogP contribution is 2.30. The van der Waals surface area contributed by atoms with Crippen molar-refractivity contribution in [3.8, 4) is 0 Å². The number of hydrogen-bond acceptors (Lipinski definition) is 1. The molecule has 1 aromatic carbocycles. The molecule has 0 aliphatic carbocycles. The Morgan fingerprint density at radius 3 is 2.47 bits per heavy atom. The smallest absolute Gasteiger partial charge is 0.0465 e. The SMILES string of the molecule is C=CC[C@H](c1ccccc1)[C@H](CC)CO. The fraction of sp³-hybridized carbons (Fsp3) is 0.429. The molecule has 0 spiro atoms. The van der Waals surface area contributed by atoms with Gasteiger partial charge in [0.25, 0.3) is 0 Å². The second kappa shape index (κ2) is 6.41. The molecular weight excluding hydrogens is 184 g/mol. The van der Waals surface area contributed by atoms with E-state index < -0.39 is 0 Å². The van der Waals surface area contributed by atoms with Gasteiger partial charge in [-0.3, -0.25) is 0 Å². The summed E-state index contributed by atoms with van der Waals surface area (Å²) in [5.41, 5.74) is 1.30. The Labute approximate surface area is 92.5 Å². The molecule has 1 heteroatoms. The van der Waals surface area contributed by atoms with Crippen molar-refractivity contribution in [1.82, 2.24) is 0 Å². The molecule has 0 aliphatic heterocycles. The molecule has 2 atom stereocenters. The van der Waals surface area contributed by atoms with E-state index in [9.17, 15) is 5.11 Å². The van der Waals surface area contributed by atoms with Gasteiger partial charge in [0.2, 0.25) is 0 Å². The number of allylic oxidation sites excluding steroid dienone is 1. The number of aliphatic hydroxyl groups excluding tert-OH is 1. The molecule has 1 nitrogen and oxygen atoms in total. The minimum Gasteiger partial charge on any atom is -0.396 e. The van der Waals surface area contributed by atoms with Crippen LogP contribution in [0, 0.1) is 5.92 Å². The standard InChI is InChI=1S/C14H20O/c1-3-8-14(12(4-2)11-15)13-9-6-5-7-10-13/h3,5-7,9-10,12,14-15H,1,4,8,11H2,2H3/t12-,14+/m1/s1. The van der Waals surface area contributed by atoms with Gasteiger partial charge in [-0.05, 0) is 23.8 Å². The lowest BCUT2D eigenvalue weighted by atomic mass is 9.82. The van der Waals surface area contributed by atoms with Crippen LogP contribution < -0.4 is 0 Å². The van der Waals surface area contributed by atoms with Gasteiger partial charge in [-0.2, -0.15) is 0 Å². The first-order valence-electron chi connectivity index (χ1n) is 5.60. The molecule has 1 rings (SSSR count). The first kappa shape index (κ1) is 12.0. The van der Waals surface area contributed by atoms with Crippen molar-refractivity contribution in [2.75, 3.05) is 6.61 Å². The summed E-state index contributed by atoms with van der Waals surface area (Å²) >= 11 is 0. The Hall–Kier alpha value is -1.08. The molecule has 0 saturated heterocycles. The summed E-state index contributed by atoms with van der Waals surface area (Å²) in [6.45, 7) is 6.17. The van der Waals surface area contributed by atoms with Crippen LogP contribution in [0.3, 0.4) is 0 Å². The molecular formula is C14H20O. The normalized spacial score (nSPS) is 14.5. The van der Waals surface area contributed by atoms with Gasteiger partial charge in [-0.1, -0.05) is 49.8 Å². The van der Waals surface area contributed by atoms with Gasteiger partial charge in [0.1, 0.15) is 0 Å². The first-order valence-corrected chi connectivity index (χ1v) is 5.60. The van der Waals surface area contributed by atoms with E-state index in [0.29, 0.717) is 11.8 Å². The monoisotopic (exact) mass is 204 g/mol. The van der Waals surface area contributed by atoms with Gasteiger partial charge in [0, 0.05) is 6.61 Å². The molecule has 0 aliphatic rings. The topological polar surface area (TPSA) is 20.2 Å². The number of hydrogen-bond donors (Lipinski definition) is 1. The molecule has 0 amide bonds. The summed E-state index contributed by atoms with van der Waals surface area (Å²) in [7, 11) is 0. The molecule has 0 bridgehead atoms. The minimum absolute atomic E-state index is 0.254. The maximum atomic E-state index is 9.35. The van der Waals surface area contributed by atoms with E-state index in [1.54, 1.807) is 0 Å². The molecule has 0 saturated carbocycles. The molecule has 82 valence electrons. The van der Waals surface area contributed by atoms with Crippen molar-refractivity contribution in [1.29, 1.82) is 0 Å². The van der Waals surface area contributed by atoms with Crippen molar-refractivity contribution in [3.63, 3.8) is 0 Å². The van der Waals surface area contributed by atoms with Crippen molar-refractivity contribution < 1.29 is 5.11 Å². The van der Waals surface area contributed by atoms with Crippen molar-refractivity contribution in [3.05, 3.63) is 48.6 Å². The van der Waals surface area contributed by atoms with E-state index in [0.717, 1.165) is 12.8 Å². The van der Waals surface area contributed by atoms with Crippen molar-refractivity contribution >= 4 is 0 Å². The average molecular weight is 204 g/mol. The van der Waals surface area contributed by atoms with Crippen molar-refractivity contribution in [2.45, 2.75) is 25.7 Å². The third kappa shape index (κ3) is 3.21. The highest BCUT2D eigenvalue weighted by atomic mass is 16.3. The summed E-state index contributed by atoms with van der Waals surface area (Å²) in [4.78, 5) is 0.